The number of anilines is 3. The number of piperidine rings is 1. The Morgan fingerprint density at radius 1 is 1.30 bits per heavy atom. The average Bonchev–Trinajstić information content (AvgIpc) is 2.70. The Kier molecular flexibility index (Phi) is 5.51. The van der Waals surface area contributed by atoms with Gasteiger partial charge in [0, 0.05) is 29.7 Å². The molecule has 0 aliphatic carbocycles. The molecule has 2 aliphatic rings. The SMILES string of the molecule is Cc1ccc(NC(=O)[C@@H]2CC(=O)Nc3nc(N4CCCC[C@@H]4C)[nH]c(=O)c32)cc1Cl. The van der Waals surface area contributed by atoms with Crippen molar-refractivity contribution < 1.29 is 9.59 Å². The minimum absolute atomic E-state index is 0.122. The van der Waals surface area contributed by atoms with Crippen LogP contribution in [0.2, 0.25) is 5.02 Å². The maximum absolute atomic E-state index is 12.9. The van der Waals surface area contributed by atoms with Gasteiger partial charge in [0.05, 0.1) is 11.5 Å². The summed E-state index contributed by atoms with van der Waals surface area (Å²) in [4.78, 5) is 47.5. The molecule has 9 heteroatoms. The van der Waals surface area contributed by atoms with Crippen LogP contribution in [0.5, 0.6) is 0 Å². The quantitative estimate of drug-likeness (QED) is 0.694. The van der Waals surface area contributed by atoms with Gasteiger partial charge in [-0.1, -0.05) is 17.7 Å². The number of amides is 2. The number of aromatic nitrogens is 2. The zero-order valence-corrected chi connectivity index (χ0v) is 17.7. The van der Waals surface area contributed by atoms with Crippen molar-refractivity contribution in [3.8, 4) is 0 Å². The molecular formula is C21H24ClN5O3. The van der Waals surface area contributed by atoms with Gasteiger partial charge in [-0.05, 0) is 50.8 Å². The zero-order chi connectivity index (χ0) is 21.4. The molecule has 2 amide bonds. The number of rotatable bonds is 3. The summed E-state index contributed by atoms with van der Waals surface area (Å²) in [6, 6.07) is 5.40. The zero-order valence-electron chi connectivity index (χ0n) is 16.9. The first-order valence-corrected chi connectivity index (χ1v) is 10.5. The number of fused-ring (bicyclic) bond motifs is 1. The fourth-order valence-electron chi connectivity index (χ4n) is 4.03. The van der Waals surface area contributed by atoms with Crippen molar-refractivity contribution >= 4 is 40.9 Å². The van der Waals surface area contributed by atoms with Crippen LogP contribution in [0.4, 0.5) is 17.5 Å². The molecule has 1 aromatic carbocycles. The lowest BCUT2D eigenvalue weighted by molar-refractivity contribution is -0.123. The summed E-state index contributed by atoms with van der Waals surface area (Å²) in [5.41, 5.74) is 1.16. The number of aromatic amines is 1. The Labute approximate surface area is 179 Å². The Balaban J connectivity index is 1.65. The predicted molar refractivity (Wildman–Crippen MR) is 116 cm³/mol. The molecule has 2 atom stereocenters. The van der Waals surface area contributed by atoms with Crippen molar-refractivity contribution in [2.45, 2.75) is 51.5 Å². The second-order valence-electron chi connectivity index (χ2n) is 7.95. The van der Waals surface area contributed by atoms with Crippen molar-refractivity contribution in [1.82, 2.24) is 9.97 Å². The van der Waals surface area contributed by atoms with Crippen LogP contribution in [0.15, 0.2) is 23.0 Å². The lowest BCUT2D eigenvalue weighted by Crippen LogP contribution is -2.41. The van der Waals surface area contributed by atoms with Crippen LogP contribution in [-0.4, -0.2) is 34.4 Å². The normalized spacial score (nSPS) is 21.0. The van der Waals surface area contributed by atoms with Crippen LogP contribution in [0.25, 0.3) is 0 Å². The first-order valence-electron chi connectivity index (χ1n) is 10.1. The van der Waals surface area contributed by atoms with E-state index in [2.05, 4.69) is 27.5 Å². The van der Waals surface area contributed by atoms with Crippen molar-refractivity contribution in [1.29, 1.82) is 0 Å². The Hall–Kier alpha value is -2.87. The Morgan fingerprint density at radius 3 is 2.83 bits per heavy atom. The van der Waals surface area contributed by atoms with Gasteiger partial charge in [-0.2, -0.15) is 4.98 Å². The van der Waals surface area contributed by atoms with E-state index in [0.29, 0.717) is 16.7 Å². The number of hydrogen-bond acceptors (Lipinski definition) is 5. The molecular weight excluding hydrogens is 406 g/mol. The summed E-state index contributed by atoms with van der Waals surface area (Å²) in [5, 5.41) is 5.94. The highest BCUT2D eigenvalue weighted by Gasteiger charge is 2.35. The summed E-state index contributed by atoms with van der Waals surface area (Å²) < 4.78 is 0. The number of H-pyrrole nitrogens is 1. The van der Waals surface area contributed by atoms with Gasteiger partial charge in [-0.25, -0.2) is 0 Å². The number of nitrogens with one attached hydrogen (secondary N) is 3. The molecule has 0 saturated carbocycles. The first-order chi connectivity index (χ1) is 14.3. The molecule has 3 heterocycles. The highest BCUT2D eigenvalue weighted by Crippen LogP contribution is 2.31. The van der Waals surface area contributed by atoms with E-state index in [-0.39, 0.29) is 29.8 Å². The first kappa shape index (κ1) is 20.4. The van der Waals surface area contributed by atoms with E-state index in [1.54, 1.807) is 18.2 Å². The molecule has 30 heavy (non-hydrogen) atoms. The van der Waals surface area contributed by atoms with Gasteiger partial charge in [0.2, 0.25) is 17.8 Å². The van der Waals surface area contributed by atoms with E-state index in [0.717, 1.165) is 31.4 Å². The molecule has 8 nitrogen and oxygen atoms in total. The summed E-state index contributed by atoms with van der Waals surface area (Å²) in [6.07, 6.45) is 3.04. The number of carbonyl (C=O) groups is 2. The van der Waals surface area contributed by atoms with Crippen molar-refractivity contribution in [3.63, 3.8) is 0 Å². The number of halogens is 1. The van der Waals surface area contributed by atoms with Gasteiger partial charge < -0.3 is 15.5 Å². The van der Waals surface area contributed by atoms with Gasteiger partial charge in [-0.3, -0.25) is 19.4 Å². The van der Waals surface area contributed by atoms with Gasteiger partial charge in [0.15, 0.2) is 0 Å². The molecule has 158 valence electrons. The standard InChI is InChI=1S/C21H24ClN5O3/c1-11-6-7-13(9-15(11)22)23-19(29)14-10-16(28)24-18-17(14)20(30)26-21(25-18)27-8-4-3-5-12(27)2/h6-7,9,12,14H,3-5,8,10H2,1-2H3,(H,23,29)(H2,24,25,26,28,30)/t12-,14+/m0/s1. The van der Waals surface area contributed by atoms with Gasteiger partial charge in [-0.15, -0.1) is 0 Å². The van der Waals surface area contributed by atoms with E-state index < -0.39 is 17.4 Å². The van der Waals surface area contributed by atoms with Crippen LogP contribution < -0.4 is 21.1 Å². The lowest BCUT2D eigenvalue weighted by Gasteiger charge is -2.34. The smallest absolute Gasteiger partial charge is 0.258 e. The van der Waals surface area contributed by atoms with Crippen LogP contribution in [-0.2, 0) is 9.59 Å². The maximum atomic E-state index is 12.9. The molecule has 0 spiro atoms. The van der Waals surface area contributed by atoms with E-state index >= 15 is 0 Å². The minimum Gasteiger partial charge on any atom is -0.340 e. The summed E-state index contributed by atoms with van der Waals surface area (Å²) >= 11 is 6.13. The van der Waals surface area contributed by atoms with Gasteiger partial charge in [0.25, 0.3) is 5.56 Å². The van der Waals surface area contributed by atoms with E-state index in [9.17, 15) is 14.4 Å². The molecule has 2 aromatic rings. The van der Waals surface area contributed by atoms with Crippen LogP contribution in [0, 0.1) is 6.92 Å². The summed E-state index contributed by atoms with van der Waals surface area (Å²) in [6.45, 7) is 4.73. The molecule has 1 fully saturated rings. The number of carbonyl (C=O) groups excluding carboxylic acids is 2. The largest absolute Gasteiger partial charge is 0.340 e. The molecule has 0 bridgehead atoms. The second kappa shape index (κ2) is 8.10. The Bertz CT molecular complexity index is 1070. The maximum Gasteiger partial charge on any atom is 0.258 e. The van der Waals surface area contributed by atoms with Crippen molar-refractivity contribution in [2.24, 2.45) is 0 Å². The third-order valence-electron chi connectivity index (χ3n) is 5.77. The van der Waals surface area contributed by atoms with E-state index in [4.69, 9.17) is 11.6 Å². The molecule has 0 radical (unpaired) electrons. The number of hydrogen-bond donors (Lipinski definition) is 3. The highest BCUT2D eigenvalue weighted by atomic mass is 35.5. The lowest BCUT2D eigenvalue weighted by atomic mass is 9.92. The fraction of sp³-hybridized carbons (Fsp3) is 0.429. The topological polar surface area (TPSA) is 107 Å². The van der Waals surface area contributed by atoms with Crippen LogP contribution in [0.3, 0.4) is 0 Å². The summed E-state index contributed by atoms with van der Waals surface area (Å²) in [7, 11) is 0. The fourth-order valence-corrected chi connectivity index (χ4v) is 4.21. The molecule has 2 aliphatic heterocycles. The van der Waals surface area contributed by atoms with Gasteiger partial charge in [0.1, 0.15) is 5.82 Å². The van der Waals surface area contributed by atoms with Crippen LogP contribution in [0.1, 0.15) is 49.7 Å². The molecule has 1 saturated heterocycles. The van der Waals surface area contributed by atoms with Gasteiger partial charge >= 0.3 is 0 Å². The summed E-state index contributed by atoms with van der Waals surface area (Å²) in [5.74, 6) is -1.14. The minimum atomic E-state index is -0.932. The number of benzene rings is 1. The predicted octanol–water partition coefficient (Wildman–Crippen LogP) is 3.18. The highest BCUT2D eigenvalue weighted by molar-refractivity contribution is 6.31. The van der Waals surface area contributed by atoms with E-state index in [1.807, 2.05) is 11.8 Å². The average molecular weight is 430 g/mol. The molecule has 0 unspecified atom stereocenters. The van der Waals surface area contributed by atoms with E-state index in [1.165, 1.54) is 0 Å². The molecule has 3 N–H and O–H groups in total. The number of nitrogens with zero attached hydrogens (tertiary/aromatic N) is 2. The van der Waals surface area contributed by atoms with Crippen molar-refractivity contribution in [2.75, 3.05) is 22.1 Å². The van der Waals surface area contributed by atoms with Crippen molar-refractivity contribution in [3.05, 3.63) is 44.7 Å². The monoisotopic (exact) mass is 429 g/mol. The molecule has 4 rings (SSSR count). The second-order valence-corrected chi connectivity index (χ2v) is 8.36. The third-order valence-corrected chi connectivity index (χ3v) is 6.18. The third kappa shape index (κ3) is 3.92. The molecule has 1 aromatic heterocycles. The Morgan fingerprint density at radius 2 is 2.10 bits per heavy atom. The van der Waals surface area contributed by atoms with Crippen LogP contribution >= 0.6 is 11.6 Å². The number of aryl methyl sites for hydroxylation is 1.